The number of hydrogen-bond donors (Lipinski definition) is 0. The van der Waals surface area contributed by atoms with Gasteiger partial charge in [-0.05, 0) is 49.7 Å². The van der Waals surface area contributed by atoms with Crippen LogP contribution in [0.3, 0.4) is 0 Å². The third kappa shape index (κ3) is 4.66. The Morgan fingerprint density at radius 1 is 1.00 bits per heavy atom. The largest absolute Gasteiger partial charge is 0.335 e. The van der Waals surface area contributed by atoms with E-state index in [4.69, 9.17) is 34.8 Å². The van der Waals surface area contributed by atoms with Crippen molar-refractivity contribution in [2.24, 2.45) is 0 Å². The molecule has 0 aliphatic carbocycles. The molecule has 2 aromatic rings. The molecule has 2 aliphatic heterocycles. The van der Waals surface area contributed by atoms with E-state index in [2.05, 4.69) is 0 Å². The standard InChI is InChI=1S/C23H24Cl3N3O4S/c1-14(2)27-13-21-28(34(32,33)20-12-17(25)7-8-18(20)26)10-9-22(30)29(21)19(23(27)31)11-15-3-5-16(24)6-4-15/h3-8,12,14,19,21H,9-11,13H2,1-2H3. The number of carbonyl (C=O) groups excluding carboxylic acids is 2. The normalized spacial score (nSPS) is 21.8. The van der Waals surface area contributed by atoms with Crippen LogP contribution in [-0.2, 0) is 26.0 Å². The number of sulfonamides is 1. The van der Waals surface area contributed by atoms with Crippen molar-refractivity contribution >= 4 is 56.6 Å². The minimum absolute atomic E-state index is 0.0149. The molecule has 182 valence electrons. The van der Waals surface area contributed by atoms with Gasteiger partial charge in [-0.2, -0.15) is 4.31 Å². The summed E-state index contributed by atoms with van der Waals surface area (Å²) in [6.07, 6.45) is -0.661. The monoisotopic (exact) mass is 543 g/mol. The maximum atomic E-state index is 13.7. The summed E-state index contributed by atoms with van der Waals surface area (Å²) in [4.78, 5) is 29.5. The predicted octanol–water partition coefficient (Wildman–Crippen LogP) is 4.06. The third-order valence-corrected chi connectivity index (χ3v) is 9.06. The molecule has 0 bridgehead atoms. The fourth-order valence-corrected chi connectivity index (χ4v) is 6.94. The van der Waals surface area contributed by atoms with Crippen LogP contribution in [0, 0.1) is 0 Å². The van der Waals surface area contributed by atoms with Crippen molar-refractivity contribution in [3.8, 4) is 0 Å². The lowest BCUT2D eigenvalue weighted by atomic mass is 9.97. The summed E-state index contributed by atoms with van der Waals surface area (Å²) < 4.78 is 28.7. The van der Waals surface area contributed by atoms with Crippen molar-refractivity contribution in [2.75, 3.05) is 13.1 Å². The van der Waals surface area contributed by atoms with Gasteiger partial charge in [-0.1, -0.05) is 46.9 Å². The zero-order chi connectivity index (χ0) is 24.8. The van der Waals surface area contributed by atoms with Gasteiger partial charge < -0.3 is 9.80 Å². The SMILES string of the molecule is CC(C)N1CC2N(C(=O)CCN2S(=O)(=O)c2cc(Cl)ccc2Cl)C(Cc2ccc(Cl)cc2)C1=O. The van der Waals surface area contributed by atoms with Crippen LogP contribution in [0.4, 0.5) is 0 Å². The van der Waals surface area contributed by atoms with E-state index in [1.165, 1.54) is 27.4 Å². The number of halogens is 3. The number of benzene rings is 2. The summed E-state index contributed by atoms with van der Waals surface area (Å²) in [7, 11) is -4.11. The molecule has 0 spiro atoms. The van der Waals surface area contributed by atoms with E-state index >= 15 is 0 Å². The van der Waals surface area contributed by atoms with Gasteiger partial charge in [-0.15, -0.1) is 0 Å². The van der Waals surface area contributed by atoms with Crippen molar-refractivity contribution in [3.05, 3.63) is 63.1 Å². The van der Waals surface area contributed by atoms with Crippen molar-refractivity contribution in [3.63, 3.8) is 0 Å². The molecule has 7 nitrogen and oxygen atoms in total. The van der Waals surface area contributed by atoms with Crippen LogP contribution in [0.1, 0.15) is 25.8 Å². The van der Waals surface area contributed by atoms with Crippen LogP contribution in [0.15, 0.2) is 47.4 Å². The molecule has 34 heavy (non-hydrogen) atoms. The highest BCUT2D eigenvalue weighted by Gasteiger charge is 2.51. The predicted molar refractivity (Wildman–Crippen MR) is 131 cm³/mol. The molecule has 0 aromatic heterocycles. The smallest absolute Gasteiger partial charge is 0.246 e. The molecule has 2 aromatic carbocycles. The van der Waals surface area contributed by atoms with Gasteiger partial charge in [0.05, 0.1) is 11.6 Å². The molecule has 2 fully saturated rings. The Hall–Kier alpha value is -1.84. The third-order valence-electron chi connectivity index (χ3n) is 6.20. The molecule has 4 rings (SSSR count). The molecule has 11 heteroatoms. The number of nitrogens with zero attached hydrogens (tertiary/aromatic N) is 3. The quantitative estimate of drug-likeness (QED) is 0.569. The fraction of sp³-hybridized carbons (Fsp3) is 0.391. The van der Waals surface area contributed by atoms with E-state index in [1.807, 2.05) is 13.8 Å². The molecule has 0 N–H and O–H groups in total. The summed E-state index contributed by atoms with van der Waals surface area (Å²) in [6, 6.07) is 10.3. The molecular formula is C23H24Cl3N3O4S. The van der Waals surface area contributed by atoms with E-state index in [9.17, 15) is 18.0 Å². The second-order valence-electron chi connectivity index (χ2n) is 8.65. The maximum absolute atomic E-state index is 13.7. The van der Waals surface area contributed by atoms with E-state index < -0.39 is 22.2 Å². The first-order valence-electron chi connectivity index (χ1n) is 10.8. The Kier molecular flexibility index (Phi) is 7.18. The van der Waals surface area contributed by atoms with Gasteiger partial charge in [0.2, 0.25) is 21.8 Å². The van der Waals surface area contributed by atoms with Crippen LogP contribution < -0.4 is 0 Å². The average Bonchev–Trinajstić information content (AvgIpc) is 2.78. The van der Waals surface area contributed by atoms with Crippen molar-refractivity contribution in [2.45, 2.75) is 49.8 Å². The van der Waals surface area contributed by atoms with Crippen molar-refractivity contribution < 1.29 is 18.0 Å². The molecule has 2 heterocycles. The number of amides is 2. The maximum Gasteiger partial charge on any atom is 0.246 e. The summed E-state index contributed by atoms with van der Waals surface area (Å²) in [6.45, 7) is 3.78. The minimum atomic E-state index is -4.11. The Balaban J connectivity index is 1.77. The van der Waals surface area contributed by atoms with Gasteiger partial charge in [-0.3, -0.25) is 9.59 Å². The topological polar surface area (TPSA) is 78.0 Å². The van der Waals surface area contributed by atoms with Gasteiger partial charge in [0.15, 0.2) is 0 Å². The molecule has 2 atom stereocenters. The highest BCUT2D eigenvalue weighted by atomic mass is 35.5. The Morgan fingerprint density at radius 2 is 1.65 bits per heavy atom. The number of piperazine rings is 1. The van der Waals surface area contributed by atoms with Crippen molar-refractivity contribution in [1.29, 1.82) is 0 Å². The molecule has 2 unspecified atom stereocenters. The highest BCUT2D eigenvalue weighted by Crippen LogP contribution is 2.35. The summed E-state index contributed by atoms with van der Waals surface area (Å²) in [5.74, 6) is -0.473. The lowest BCUT2D eigenvalue weighted by molar-refractivity contribution is -0.166. The summed E-state index contributed by atoms with van der Waals surface area (Å²) >= 11 is 18.3. The minimum Gasteiger partial charge on any atom is -0.335 e. The lowest BCUT2D eigenvalue weighted by Crippen LogP contribution is -2.72. The van der Waals surface area contributed by atoms with Gasteiger partial charge >= 0.3 is 0 Å². The molecule has 0 radical (unpaired) electrons. The number of carbonyl (C=O) groups is 2. The van der Waals surface area contributed by atoms with E-state index in [-0.39, 0.29) is 58.7 Å². The first-order valence-corrected chi connectivity index (χ1v) is 13.4. The highest BCUT2D eigenvalue weighted by molar-refractivity contribution is 7.89. The average molecular weight is 545 g/mol. The van der Waals surface area contributed by atoms with Crippen LogP contribution in [-0.4, -0.2) is 65.7 Å². The Labute approximate surface area is 214 Å². The second kappa shape index (κ2) is 9.66. The number of hydrogen-bond acceptors (Lipinski definition) is 4. The van der Waals surface area contributed by atoms with E-state index in [0.717, 1.165) is 5.56 Å². The zero-order valence-electron chi connectivity index (χ0n) is 18.6. The molecular weight excluding hydrogens is 521 g/mol. The zero-order valence-corrected chi connectivity index (χ0v) is 21.7. The van der Waals surface area contributed by atoms with Gasteiger partial charge in [0.25, 0.3) is 0 Å². The van der Waals surface area contributed by atoms with Crippen LogP contribution >= 0.6 is 34.8 Å². The van der Waals surface area contributed by atoms with Gasteiger partial charge in [-0.25, -0.2) is 8.42 Å². The molecule has 0 saturated carbocycles. The lowest BCUT2D eigenvalue weighted by Gasteiger charge is -2.52. The van der Waals surface area contributed by atoms with Crippen molar-refractivity contribution in [1.82, 2.24) is 14.1 Å². The van der Waals surface area contributed by atoms with Crippen LogP contribution in [0.5, 0.6) is 0 Å². The molecule has 2 saturated heterocycles. The summed E-state index contributed by atoms with van der Waals surface area (Å²) in [5, 5.41) is 0.833. The second-order valence-corrected chi connectivity index (χ2v) is 11.8. The van der Waals surface area contributed by atoms with Crippen LogP contribution in [0.2, 0.25) is 15.1 Å². The van der Waals surface area contributed by atoms with Gasteiger partial charge in [0.1, 0.15) is 17.1 Å². The van der Waals surface area contributed by atoms with Crippen LogP contribution in [0.25, 0.3) is 0 Å². The molecule has 2 aliphatic rings. The first kappa shape index (κ1) is 25.3. The van der Waals surface area contributed by atoms with E-state index in [0.29, 0.717) is 5.02 Å². The Bertz CT molecular complexity index is 1220. The first-order chi connectivity index (χ1) is 16.0. The number of rotatable bonds is 5. The van der Waals surface area contributed by atoms with E-state index in [1.54, 1.807) is 29.2 Å². The fourth-order valence-electron chi connectivity index (χ4n) is 4.50. The van der Waals surface area contributed by atoms with Gasteiger partial charge in [0, 0.05) is 35.5 Å². The molecule has 2 amide bonds. The Morgan fingerprint density at radius 3 is 2.29 bits per heavy atom. The number of fused-ring (bicyclic) bond motifs is 1. The summed E-state index contributed by atoms with van der Waals surface area (Å²) in [5.41, 5.74) is 0.817.